The van der Waals surface area contributed by atoms with Crippen molar-refractivity contribution in [1.29, 1.82) is 0 Å². The second kappa shape index (κ2) is 6.27. The highest BCUT2D eigenvalue weighted by molar-refractivity contribution is 5.70. The lowest BCUT2D eigenvalue weighted by Gasteiger charge is -2.09. The topological polar surface area (TPSA) is 63.3 Å². The van der Waals surface area contributed by atoms with E-state index in [2.05, 4.69) is 17.0 Å². The largest absolute Gasteiger partial charge is 0.481 e. The van der Waals surface area contributed by atoms with Crippen molar-refractivity contribution < 1.29 is 14.4 Å². The third-order valence-electron chi connectivity index (χ3n) is 3.33. The average Bonchev–Trinajstić information content (AvgIpc) is 2.78. The van der Waals surface area contributed by atoms with Crippen LogP contribution < -0.4 is 0 Å². The number of rotatable bonds is 4. The van der Waals surface area contributed by atoms with Gasteiger partial charge in [-0.1, -0.05) is 35.3 Å². The summed E-state index contributed by atoms with van der Waals surface area (Å²) in [7, 11) is 0. The molecule has 0 aliphatic carbocycles. The summed E-state index contributed by atoms with van der Waals surface area (Å²) >= 11 is 0. The van der Waals surface area contributed by atoms with Crippen molar-refractivity contribution in [3.63, 3.8) is 0 Å². The summed E-state index contributed by atoms with van der Waals surface area (Å²) in [5.74, 6) is 5.38. The van der Waals surface area contributed by atoms with Gasteiger partial charge in [0.25, 0.3) is 0 Å². The minimum Gasteiger partial charge on any atom is -0.481 e. The van der Waals surface area contributed by atoms with Crippen LogP contribution in [0.1, 0.15) is 36.3 Å². The molecule has 0 amide bonds. The molecule has 0 bridgehead atoms. The number of hydrogen-bond acceptors (Lipinski definition) is 3. The van der Waals surface area contributed by atoms with Crippen molar-refractivity contribution in [2.24, 2.45) is 0 Å². The second-order valence-electron chi connectivity index (χ2n) is 4.87. The van der Waals surface area contributed by atoms with E-state index >= 15 is 0 Å². The highest BCUT2D eigenvalue weighted by Gasteiger charge is 2.15. The van der Waals surface area contributed by atoms with Crippen molar-refractivity contribution in [3.05, 3.63) is 41.3 Å². The molecule has 0 saturated heterocycles. The number of nitrogens with zero attached hydrogens (tertiary/aromatic N) is 1. The second-order valence-corrected chi connectivity index (χ2v) is 4.87. The molecule has 0 fully saturated rings. The minimum atomic E-state index is -0.849. The van der Waals surface area contributed by atoms with E-state index in [4.69, 9.17) is 9.63 Å². The number of aromatic nitrogens is 1. The Morgan fingerprint density at radius 2 is 2.00 bits per heavy atom. The molecule has 4 nitrogen and oxygen atoms in total. The molecule has 0 saturated carbocycles. The van der Waals surface area contributed by atoms with Gasteiger partial charge < -0.3 is 9.63 Å². The van der Waals surface area contributed by atoms with Crippen LogP contribution in [0.3, 0.4) is 0 Å². The number of aliphatic carboxylic acids is 1. The van der Waals surface area contributed by atoms with Gasteiger partial charge in [0.1, 0.15) is 5.76 Å². The summed E-state index contributed by atoms with van der Waals surface area (Å²) in [6.07, 6.45) is 0.00546. The van der Waals surface area contributed by atoms with Crippen LogP contribution in [0, 0.1) is 25.7 Å². The van der Waals surface area contributed by atoms with Gasteiger partial charge in [0.05, 0.1) is 18.0 Å². The number of hydrogen-bond donors (Lipinski definition) is 1. The maximum absolute atomic E-state index is 10.9. The molecule has 2 rings (SSSR count). The Morgan fingerprint density at radius 3 is 2.48 bits per heavy atom. The standard InChI is InChI=1S/C17H17NO3/c1-4-5-15(10-16(19)20)13-6-8-14(9-7-13)17-11(2)18-21-12(17)3/h6-9,15H,10H2,1-3H3,(H,19,20). The Balaban J connectivity index is 2.33. The van der Waals surface area contributed by atoms with Gasteiger partial charge >= 0.3 is 5.97 Å². The van der Waals surface area contributed by atoms with E-state index in [1.165, 1.54) is 0 Å². The summed E-state index contributed by atoms with van der Waals surface area (Å²) in [5.41, 5.74) is 3.74. The first-order chi connectivity index (χ1) is 10.0. The number of aryl methyl sites for hydroxylation is 2. The highest BCUT2D eigenvalue weighted by atomic mass is 16.5. The Morgan fingerprint density at radius 1 is 1.33 bits per heavy atom. The molecule has 4 heteroatoms. The fourth-order valence-corrected chi connectivity index (χ4v) is 2.38. The van der Waals surface area contributed by atoms with Crippen LogP contribution in [0.2, 0.25) is 0 Å². The van der Waals surface area contributed by atoms with Crippen molar-refractivity contribution in [2.45, 2.75) is 33.1 Å². The quantitative estimate of drug-likeness (QED) is 0.872. The highest BCUT2D eigenvalue weighted by Crippen LogP contribution is 2.28. The van der Waals surface area contributed by atoms with E-state index in [0.717, 1.165) is 28.1 Å². The molecule has 21 heavy (non-hydrogen) atoms. The molecule has 0 aliphatic rings. The molecule has 0 spiro atoms. The predicted octanol–water partition coefficient (Wildman–Crippen LogP) is 3.54. The minimum absolute atomic E-state index is 0.00546. The Kier molecular flexibility index (Phi) is 4.44. The smallest absolute Gasteiger partial charge is 0.304 e. The van der Waals surface area contributed by atoms with Crippen LogP contribution in [0.25, 0.3) is 11.1 Å². The lowest BCUT2D eigenvalue weighted by atomic mass is 9.94. The van der Waals surface area contributed by atoms with Gasteiger partial charge in [-0.05, 0) is 31.9 Å². The number of carboxylic acid groups (broad SMARTS) is 1. The van der Waals surface area contributed by atoms with E-state index < -0.39 is 5.97 Å². The van der Waals surface area contributed by atoms with E-state index in [9.17, 15) is 4.79 Å². The fraction of sp³-hybridized carbons (Fsp3) is 0.294. The molecule has 1 heterocycles. The summed E-state index contributed by atoms with van der Waals surface area (Å²) in [4.78, 5) is 10.9. The SMILES string of the molecule is CC#CC(CC(=O)O)c1ccc(-c2c(C)noc2C)cc1. The monoisotopic (exact) mass is 283 g/mol. The van der Waals surface area contributed by atoms with Crippen molar-refractivity contribution in [1.82, 2.24) is 5.16 Å². The number of benzene rings is 1. The van der Waals surface area contributed by atoms with Gasteiger partial charge in [0.15, 0.2) is 0 Å². The lowest BCUT2D eigenvalue weighted by molar-refractivity contribution is -0.137. The Bertz CT molecular complexity index is 682. The molecule has 0 aliphatic heterocycles. The molecular weight excluding hydrogens is 266 g/mol. The first-order valence-electron chi connectivity index (χ1n) is 6.70. The summed E-state index contributed by atoms with van der Waals surface area (Å²) in [6, 6.07) is 7.74. The molecule has 1 aromatic heterocycles. The van der Waals surface area contributed by atoms with Gasteiger partial charge in [0.2, 0.25) is 0 Å². The van der Waals surface area contributed by atoms with Crippen LogP contribution in [-0.2, 0) is 4.79 Å². The molecular formula is C17H17NO3. The van der Waals surface area contributed by atoms with Crippen molar-refractivity contribution in [3.8, 4) is 23.0 Å². The molecule has 1 unspecified atom stereocenters. The molecule has 1 aromatic carbocycles. The Labute approximate surface area is 123 Å². The predicted molar refractivity (Wildman–Crippen MR) is 79.9 cm³/mol. The lowest BCUT2D eigenvalue weighted by Crippen LogP contribution is -2.04. The van der Waals surface area contributed by atoms with Crippen LogP contribution in [0.15, 0.2) is 28.8 Å². The van der Waals surface area contributed by atoms with Crippen molar-refractivity contribution in [2.75, 3.05) is 0 Å². The van der Waals surface area contributed by atoms with Crippen LogP contribution in [0.4, 0.5) is 0 Å². The zero-order valence-corrected chi connectivity index (χ0v) is 12.3. The van der Waals surface area contributed by atoms with Gasteiger partial charge in [-0.3, -0.25) is 4.79 Å². The first-order valence-corrected chi connectivity index (χ1v) is 6.70. The van der Waals surface area contributed by atoms with Crippen molar-refractivity contribution >= 4 is 5.97 Å². The summed E-state index contributed by atoms with van der Waals surface area (Å²) < 4.78 is 5.17. The molecule has 1 N–H and O–H groups in total. The third-order valence-corrected chi connectivity index (χ3v) is 3.33. The van der Waals surface area contributed by atoms with Gasteiger partial charge in [-0.2, -0.15) is 0 Å². The fourth-order valence-electron chi connectivity index (χ4n) is 2.38. The molecule has 2 aromatic rings. The van der Waals surface area contributed by atoms with E-state index in [0.29, 0.717) is 0 Å². The zero-order chi connectivity index (χ0) is 15.4. The van der Waals surface area contributed by atoms with E-state index in [1.54, 1.807) is 6.92 Å². The molecule has 1 atom stereocenters. The normalized spacial score (nSPS) is 11.6. The number of carboxylic acids is 1. The van der Waals surface area contributed by atoms with E-state index in [-0.39, 0.29) is 12.3 Å². The van der Waals surface area contributed by atoms with Gasteiger partial charge in [-0.25, -0.2) is 0 Å². The molecule has 108 valence electrons. The van der Waals surface area contributed by atoms with E-state index in [1.807, 2.05) is 38.1 Å². The summed E-state index contributed by atoms with van der Waals surface area (Å²) in [5, 5.41) is 12.9. The maximum Gasteiger partial charge on any atom is 0.304 e. The molecule has 0 radical (unpaired) electrons. The Hall–Kier alpha value is -2.54. The zero-order valence-electron chi connectivity index (χ0n) is 12.3. The average molecular weight is 283 g/mol. The van der Waals surface area contributed by atoms with Crippen LogP contribution in [-0.4, -0.2) is 16.2 Å². The van der Waals surface area contributed by atoms with Gasteiger partial charge in [0, 0.05) is 5.56 Å². The van der Waals surface area contributed by atoms with Crippen LogP contribution >= 0.6 is 0 Å². The summed E-state index contributed by atoms with van der Waals surface area (Å²) in [6.45, 7) is 5.49. The number of carbonyl (C=O) groups is 1. The maximum atomic E-state index is 10.9. The third kappa shape index (κ3) is 3.32. The first kappa shape index (κ1) is 14.9. The van der Waals surface area contributed by atoms with Crippen LogP contribution in [0.5, 0.6) is 0 Å². The van der Waals surface area contributed by atoms with Gasteiger partial charge in [-0.15, -0.1) is 5.92 Å².